The average Bonchev–Trinajstić information content (AvgIpc) is 2.04. The van der Waals surface area contributed by atoms with Crippen LogP contribution in [0.15, 0.2) is 30.3 Å². The molecule has 0 aliphatic rings. The summed E-state index contributed by atoms with van der Waals surface area (Å²) in [5.74, 6) is 0.418. The van der Waals surface area contributed by atoms with Gasteiger partial charge in [-0.25, -0.2) is 4.57 Å². The molecule has 1 aromatic carbocycles. The Bertz CT molecular complexity index is 297. The lowest BCUT2D eigenvalue weighted by Crippen LogP contribution is -1.95. The maximum absolute atomic E-state index is 11.3. The van der Waals surface area contributed by atoms with Crippen molar-refractivity contribution in [3.63, 3.8) is 0 Å². The Balaban J connectivity index is 2.64. The summed E-state index contributed by atoms with van der Waals surface area (Å²) in [4.78, 5) is 9.26. The van der Waals surface area contributed by atoms with E-state index in [1.54, 1.807) is 24.3 Å². The first-order chi connectivity index (χ1) is 6.14. The van der Waals surface area contributed by atoms with Gasteiger partial charge in [-0.2, -0.15) is 0 Å². The molecule has 13 heavy (non-hydrogen) atoms. The van der Waals surface area contributed by atoms with E-state index in [-0.39, 0.29) is 6.16 Å². The van der Waals surface area contributed by atoms with E-state index >= 15 is 0 Å². The molecule has 1 aromatic rings. The Kier molecular flexibility index (Phi) is 3.52. The smallest absolute Gasteiger partial charge is 0.376 e. The van der Waals surface area contributed by atoms with Crippen molar-refractivity contribution in [1.82, 2.24) is 0 Å². The first-order valence-corrected chi connectivity index (χ1v) is 5.76. The molecule has 1 atom stereocenters. The quantitative estimate of drug-likeness (QED) is 0.757. The van der Waals surface area contributed by atoms with Crippen molar-refractivity contribution in [1.29, 1.82) is 0 Å². The minimum atomic E-state index is -3.48. The van der Waals surface area contributed by atoms with Gasteiger partial charge < -0.3 is 9.42 Å². The van der Waals surface area contributed by atoms with E-state index in [0.717, 1.165) is 0 Å². The predicted molar refractivity (Wildman–Crippen MR) is 51.7 cm³/mol. The topological polar surface area (TPSA) is 46.5 Å². The van der Waals surface area contributed by atoms with Crippen LogP contribution in [0.5, 0.6) is 5.75 Å². The lowest BCUT2D eigenvalue weighted by Gasteiger charge is -2.11. The lowest BCUT2D eigenvalue weighted by atomic mass is 10.3. The third-order valence-corrected chi connectivity index (χ3v) is 2.81. The fraction of sp³-hybridized carbons (Fsp3) is 0.222. The zero-order chi connectivity index (χ0) is 9.73. The Morgan fingerprint density at radius 2 is 2.00 bits per heavy atom. The number of rotatable bonds is 4. The fourth-order valence-corrected chi connectivity index (χ4v) is 1.83. The first kappa shape index (κ1) is 10.3. The summed E-state index contributed by atoms with van der Waals surface area (Å²) in [7, 11) is -3.48. The van der Waals surface area contributed by atoms with Crippen LogP contribution in [0.25, 0.3) is 0 Å². The van der Waals surface area contributed by atoms with E-state index < -0.39 is 7.60 Å². The predicted octanol–water partition coefficient (Wildman–Crippen LogP) is 2.47. The van der Waals surface area contributed by atoms with Crippen molar-refractivity contribution in [2.75, 3.05) is 6.16 Å². The van der Waals surface area contributed by atoms with Crippen LogP contribution in [0.4, 0.5) is 0 Å². The van der Waals surface area contributed by atoms with Gasteiger partial charge in [0.1, 0.15) is 5.75 Å². The minimum Gasteiger partial charge on any atom is -0.424 e. The van der Waals surface area contributed by atoms with Crippen molar-refractivity contribution in [2.45, 2.75) is 6.42 Å². The molecule has 0 aliphatic heterocycles. The molecule has 0 aromatic heterocycles. The first-order valence-electron chi connectivity index (χ1n) is 4.00. The molecule has 1 rings (SSSR count). The highest BCUT2D eigenvalue weighted by Gasteiger charge is 2.18. The van der Waals surface area contributed by atoms with Gasteiger partial charge in [0.15, 0.2) is 0 Å². The van der Waals surface area contributed by atoms with E-state index in [1.807, 2.05) is 6.07 Å². The van der Waals surface area contributed by atoms with Gasteiger partial charge in [0.2, 0.25) is 0 Å². The molecular weight excluding hydrogens is 187 g/mol. The third-order valence-electron chi connectivity index (χ3n) is 1.43. The van der Waals surface area contributed by atoms with Crippen molar-refractivity contribution < 1.29 is 14.0 Å². The number of benzene rings is 1. The monoisotopic (exact) mass is 199 g/mol. The summed E-state index contributed by atoms with van der Waals surface area (Å²) in [6, 6.07) is 8.60. The molecule has 71 valence electrons. The molecule has 0 amide bonds. The molecule has 0 fully saturated rings. The van der Waals surface area contributed by atoms with Crippen LogP contribution < -0.4 is 4.52 Å². The zero-order valence-electron chi connectivity index (χ0n) is 7.22. The van der Waals surface area contributed by atoms with E-state index in [9.17, 15) is 9.46 Å². The Hall–Kier alpha value is -0.790. The van der Waals surface area contributed by atoms with Gasteiger partial charge in [0.25, 0.3) is 0 Å². The van der Waals surface area contributed by atoms with Crippen LogP contribution in [0.1, 0.15) is 6.42 Å². The van der Waals surface area contributed by atoms with Crippen LogP contribution in [0, 0.1) is 6.92 Å². The molecule has 1 unspecified atom stereocenters. The van der Waals surface area contributed by atoms with E-state index in [2.05, 4.69) is 6.92 Å². The maximum Gasteiger partial charge on any atom is 0.376 e. The Labute approximate surface area is 77.9 Å². The molecule has 1 radical (unpaired) electrons. The molecule has 1 N–H and O–H groups in total. The SMILES string of the molecule is [CH2]CCP(=O)(O)Oc1ccccc1. The summed E-state index contributed by atoms with van der Waals surface area (Å²) in [6.07, 6.45) is 0.475. The van der Waals surface area contributed by atoms with Crippen LogP contribution in [0.2, 0.25) is 0 Å². The largest absolute Gasteiger partial charge is 0.424 e. The van der Waals surface area contributed by atoms with E-state index in [4.69, 9.17) is 4.52 Å². The van der Waals surface area contributed by atoms with Gasteiger partial charge in [-0.3, -0.25) is 0 Å². The number of hydrogen-bond donors (Lipinski definition) is 1. The second-order valence-electron chi connectivity index (χ2n) is 2.62. The highest BCUT2D eigenvalue weighted by atomic mass is 31.2. The highest BCUT2D eigenvalue weighted by Crippen LogP contribution is 2.42. The Morgan fingerprint density at radius 1 is 1.38 bits per heavy atom. The van der Waals surface area contributed by atoms with Crippen molar-refractivity contribution in [3.8, 4) is 5.75 Å². The molecule has 0 bridgehead atoms. The van der Waals surface area contributed by atoms with Crippen LogP contribution >= 0.6 is 7.60 Å². The zero-order valence-corrected chi connectivity index (χ0v) is 8.11. The second-order valence-corrected chi connectivity index (χ2v) is 4.52. The average molecular weight is 199 g/mol. The van der Waals surface area contributed by atoms with Crippen LogP contribution in [0.3, 0.4) is 0 Å². The summed E-state index contributed by atoms with van der Waals surface area (Å²) in [5, 5.41) is 0. The van der Waals surface area contributed by atoms with E-state index in [0.29, 0.717) is 12.2 Å². The summed E-state index contributed by atoms with van der Waals surface area (Å²) in [6.45, 7) is 3.50. The molecule has 0 heterocycles. The summed E-state index contributed by atoms with van der Waals surface area (Å²) in [5.41, 5.74) is 0. The highest BCUT2D eigenvalue weighted by molar-refractivity contribution is 7.53. The molecule has 0 spiro atoms. The summed E-state index contributed by atoms with van der Waals surface area (Å²) >= 11 is 0. The van der Waals surface area contributed by atoms with Crippen molar-refractivity contribution in [3.05, 3.63) is 37.3 Å². The molecule has 0 saturated carbocycles. The molecule has 4 heteroatoms. The van der Waals surface area contributed by atoms with Crippen LogP contribution in [-0.2, 0) is 4.57 Å². The van der Waals surface area contributed by atoms with Gasteiger partial charge in [-0.05, 0) is 18.6 Å². The minimum absolute atomic E-state index is 0.0852. The van der Waals surface area contributed by atoms with Gasteiger partial charge in [0.05, 0.1) is 6.16 Å². The van der Waals surface area contributed by atoms with Crippen LogP contribution in [-0.4, -0.2) is 11.1 Å². The third kappa shape index (κ3) is 3.62. The van der Waals surface area contributed by atoms with Gasteiger partial charge in [-0.15, -0.1) is 0 Å². The van der Waals surface area contributed by atoms with Gasteiger partial charge in [-0.1, -0.05) is 25.1 Å². The fourth-order valence-electron chi connectivity index (χ4n) is 0.892. The van der Waals surface area contributed by atoms with E-state index in [1.165, 1.54) is 0 Å². The van der Waals surface area contributed by atoms with Crippen molar-refractivity contribution in [2.24, 2.45) is 0 Å². The normalized spacial score (nSPS) is 14.9. The standard InChI is InChI=1S/C9H12O3P/c1-2-8-13(10,11)12-9-6-4-3-5-7-9/h3-7H,1-2,8H2,(H,10,11). The molecule has 3 nitrogen and oxygen atoms in total. The van der Waals surface area contributed by atoms with Crippen molar-refractivity contribution >= 4 is 7.60 Å². The maximum atomic E-state index is 11.3. The van der Waals surface area contributed by atoms with Gasteiger partial charge in [0, 0.05) is 0 Å². The molecule has 0 aliphatic carbocycles. The second kappa shape index (κ2) is 4.45. The number of para-hydroxylation sites is 1. The Morgan fingerprint density at radius 3 is 2.54 bits per heavy atom. The molecular formula is C9H12O3P. The number of hydrogen-bond acceptors (Lipinski definition) is 2. The lowest BCUT2D eigenvalue weighted by molar-refractivity contribution is 0.380. The van der Waals surface area contributed by atoms with Gasteiger partial charge >= 0.3 is 7.60 Å². The molecule has 0 saturated heterocycles. The summed E-state index contributed by atoms with van der Waals surface area (Å²) < 4.78 is 16.2.